The number of carbonyl (C=O) groups excluding carboxylic acids is 1. The summed E-state index contributed by atoms with van der Waals surface area (Å²) in [5, 5.41) is 11.0. The van der Waals surface area contributed by atoms with E-state index in [-0.39, 0.29) is 12.3 Å². The van der Waals surface area contributed by atoms with Gasteiger partial charge in [-0.1, -0.05) is 35.5 Å². The van der Waals surface area contributed by atoms with Crippen LogP contribution in [0.5, 0.6) is 0 Å². The summed E-state index contributed by atoms with van der Waals surface area (Å²) in [4.78, 5) is 20.9. The zero-order valence-corrected chi connectivity index (χ0v) is 14.3. The summed E-state index contributed by atoms with van der Waals surface area (Å²) in [5.74, 6) is 1.32. The van der Waals surface area contributed by atoms with Gasteiger partial charge in [0, 0.05) is 37.0 Å². The van der Waals surface area contributed by atoms with E-state index >= 15 is 0 Å². The van der Waals surface area contributed by atoms with E-state index in [2.05, 4.69) is 25.5 Å². The predicted octanol–water partition coefficient (Wildman–Crippen LogP) is 2.89. The van der Waals surface area contributed by atoms with Crippen LogP contribution in [0.25, 0.3) is 17.2 Å². The van der Waals surface area contributed by atoms with E-state index < -0.39 is 0 Å². The molecule has 4 rings (SSSR count). The molecule has 8 nitrogen and oxygen atoms in total. The van der Waals surface area contributed by atoms with Crippen molar-refractivity contribution in [1.29, 1.82) is 0 Å². The molecule has 0 aliphatic heterocycles. The highest BCUT2D eigenvalue weighted by atomic mass is 16.5. The molecule has 8 heteroatoms. The summed E-state index contributed by atoms with van der Waals surface area (Å²) >= 11 is 0. The maximum absolute atomic E-state index is 12.3. The normalized spacial score (nSPS) is 10.7. The highest BCUT2D eigenvalue weighted by Crippen LogP contribution is 2.18. The first-order valence-corrected chi connectivity index (χ1v) is 8.42. The number of aromatic nitrogens is 5. The highest BCUT2D eigenvalue weighted by molar-refractivity contribution is 5.92. The van der Waals surface area contributed by atoms with Crippen LogP contribution in [-0.4, -0.2) is 30.8 Å². The summed E-state index contributed by atoms with van der Waals surface area (Å²) in [5.41, 5.74) is 1.46. The first-order chi connectivity index (χ1) is 13.3. The molecule has 0 atom stereocenters. The second kappa shape index (κ2) is 7.61. The Morgan fingerprint density at radius 1 is 1.07 bits per heavy atom. The third kappa shape index (κ3) is 3.90. The van der Waals surface area contributed by atoms with Crippen molar-refractivity contribution in [3.8, 4) is 17.2 Å². The predicted molar refractivity (Wildman–Crippen MR) is 98.0 cm³/mol. The van der Waals surface area contributed by atoms with Crippen LogP contribution in [-0.2, 0) is 11.2 Å². The first kappa shape index (κ1) is 16.6. The minimum atomic E-state index is -0.170. The zero-order valence-electron chi connectivity index (χ0n) is 14.3. The van der Waals surface area contributed by atoms with Crippen molar-refractivity contribution >= 4 is 11.6 Å². The summed E-state index contributed by atoms with van der Waals surface area (Å²) in [6.45, 7) is 0. The van der Waals surface area contributed by atoms with Crippen LogP contribution in [0.4, 0.5) is 5.69 Å². The lowest BCUT2D eigenvalue weighted by Crippen LogP contribution is -2.15. The maximum atomic E-state index is 12.3. The van der Waals surface area contributed by atoms with Crippen molar-refractivity contribution in [3.63, 3.8) is 0 Å². The fourth-order valence-corrected chi connectivity index (χ4v) is 2.57. The molecular weight excluding hydrogens is 344 g/mol. The zero-order chi connectivity index (χ0) is 18.5. The topological polar surface area (TPSA) is 98.7 Å². The number of nitrogens with zero attached hydrogens (tertiary/aromatic N) is 5. The second-order valence-electron chi connectivity index (χ2n) is 5.75. The third-order valence-corrected chi connectivity index (χ3v) is 3.85. The van der Waals surface area contributed by atoms with Crippen LogP contribution in [0.15, 0.2) is 71.6 Å². The molecular formula is C19H16N6O2. The Morgan fingerprint density at radius 2 is 1.96 bits per heavy atom. The van der Waals surface area contributed by atoms with Gasteiger partial charge in [-0.15, -0.1) is 0 Å². The molecule has 1 aromatic carbocycles. The molecule has 3 heterocycles. The molecule has 0 saturated carbocycles. The smallest absolute Gasteiger partial charge is 0.227 e. The number of amides is 1. The summed E-state index contributed by atoms with van der Waals surface area (Å²) < 4.78 is 6.83. The van der Waals surface area contributed by atoms with Crippen molar-refractivity contribution in [2.24, 2.45) is 0 Å². The van der Waals surface area contributed by atoms with Gasteiger partial charge in [-0.3, -0.25) is 4.79 Å². The number of aryl methyl sites for hydroxylation is 1. The number of benzene rings is 1. The van der Waals surface area contributed by atoms with Crippen molar-refractivity contribution in [1.82, 2.24) is 24.9 Å². The molecule has 0 unspecified atom stereocenters. The lowest BCUT2D eigenvalue weighted by Gasteiger charge is -2.09. The van der Waals surface area contributed by atoms with Gasteiger partial charge in [0.15, 0.2) is 5.82 Å². The number of carbonyl (C=O) groups is 1. The molecule has 1 N–H and O–H groups in total. The van der Waals surface area contributed by atoms with Crippen molar-refractivity contribution in [3.05, 3.63) is 73.0 Å². The van der Waals surface area contributed by atoms with Gasteiger partial charge in [-0.05, 0) is 18.2 Å². The van der Waals surface area contributed by atoms with Gasteiger partial charge in [0.25, 0.3) is 0 Å². The van der Waals surface area contributed by atoms with Crippen LogP contribution in [0.3, 0.4) is 0 Å². The monoisotopic (exact) mass is 360 g/mol. The van der Waals surface area contributed by atoms with E-state index in [1.165, 1.54) is 0 Å². The molecule has 27 heavy (non-hydrogen) atoms. The lowest BCUT2D eigenvalue weighted by molar-refractivity contribution is -0.116. The Labute approximate surface area is 154 Å². The van der Waals surface area contributed by atoms with E-state index in [1.54, 1.807) is 41.5 Å². The minimum Gasteiger partial charge on any atom is -0.339 e. The van der Waals surface area contributed by atoms with Gasteiger partial charge >= 0.3 is 0 Å². The summed E-state index contributed by atoms with van der Waals surface area (Å²) in [6.07, 6.45) is 5.63. The van der Waals surface area contributed by atoms with Crippen LogP contribution in [0.2, 0.25) is 0 Å². The van der Waals surface area contributed by atoms with E-state index in [1.807, 2.05) is 30.3 Å². The van der Waals surface area contributed by atoms with Gasteiger partial charge < -0.3 is 9.84 Å². The first-order valence-electron chi connectivity index (χ1n) is 8.42. The second-order valence-corrected chi connectivity index (χ2v) is 5.75. The molecule has 0 saturated heterocycles. The summed E-state index contributed by atoms with van der Waals surface area (Å²) in [7, 11) is 0. The SMILES string of the molecule is O=C(CCc1nc(-c2ccccc2)no1)Nc1cccnc1-n1cccn1. The number of anilines is 1. The molecule has 4 aromatic rings. The fraction of sp³-hybridized carbons (Fsp3) is 0.105. The van der Waals surface area contributed by atoms with E-state index in [9.17, 15) is 4.79 Å². The number of rotatable bonds is 6. The largest absolute Gasteiger partial charge is 0.339 e. The molecule has 0 aliphatic rings. The standard InChI is InChI=1S/C19H16N6O2/c26-16(22-15-8-4-11-20-19(15)25-13-5-12-21-25)9-10-17-23-18(24-27-17)14-6-2-1-3-7-14/h1-8,11-13H,9-10H2,(H,22,26). The van der Waals surface area contributed by atoms with Crippen LogP contribution in [0, 0.1) is 0 Å². The van der Waals surface area contributed by atoms with Gasteiger partial charge in [0.2, 0.25) is 17.6 Å². The average molecular weight is 360 g/mol. The lowest BCUT2D eigenvalue weighted by atomic mass is 10.2. The number of pyridine rings is 1. The van der Waals surface area contributed by atoms with Crippen molar-refractivity contribution in [2.75, 3.05) is 5.32 Å². The number of hydrogen-bond donors (Lipinski definition) is 1. The van der Waals surface area contributed by atoms with Gasteiger partial charge in [-0.25, -0.2) is 9.67 Å². The number of hydrogen-bond acceptors (Lipinski definition) is 6. The fourth-order valence-electron chi connectivity index (χ4n) is 2.57. The average Bonchev–Trinajstić information content (AvgIpc) is 3.40. The Kier molecular flexibility index (Phi) is 4.69. The van der Waals surface area contributed by atoms with E-state index in [4.69, 9.17) is 4.52 Å². The Balaban J connectivity index is 1.39. The Morgan fingerprint density at radius 3 is 2.78 bits per heavy atom. The minimum absolute atomic E-state index is 0.170. The molecule has 0 bridgehead atoms. The third-order valence-electron chi connectivity index (χ3n) is 3.85. The van der Waals surface area contributed by atoms with Crippen LogP contribution < -0.4 is 5.32 Å². The van der Waals surface area contributed by atoms with Gasteiger partial charge in [0.05, 0.1) is 5.69 Å². The quantitative estimate of drug-likeness (QED) is 0.568. The molecule has 3 aromatic heterocycles. The van der Waals surface area contributed by atoms with Crippen molar-refractivity contribution < 1.29 is 9.32 Å². The van der Waals surface area contributed by atoms with Crippen LogP contribution in [0.1, 0.15) is 12.3 Å². The highest BCUT2D eigenvalue weighted by Gasteiger charge is 2.13. The summed E-state index contributed by atoms with van der Waals surface area (Å²) in [6, 6.07) is 14.9. The van der Waals surface area contributed by atoms with Crippen molar-refractivity contribution in [2.45, 2.75) is 12.8 Å². The van der Waals surface area contributed by atoms with E-state index in [0.29, 0.717) is 29.6 Å². The number of nitrogens with one attached hydrogen (secondary N) is 1. The van der Waals surface area contributed by atoms with Gasteiger partial charge in [0.1, 0.15) is 0 Å². The Bertz CT molecular complexity index is 1030. The molecule has 1 amide bonds. The van der Waals surface area contributed by atoms with Crippen LogP contribution >= 0.6 is 0 Å². The molecule has 0 spiro atoms. The molecule has 0 fully saturated rings. The maximum Gasteiger partial charge on any atom is 0.227 e. The molecule has 134 valence electrons. The van der Waals surface area contributed by atoms with E-state index in [0.717, 1.165) is 5.56 Å². The Hall–Kier alpha value is -3.81. The molecule has 0 aliphatic carbocycles. The van der Waals surface area contributed by atoms with Gasteiger partial charge in [-0.2, -0.15) is 10.1 Å². The molecule has 0 radical (unpaired) electrons.